The second-order valence-corrected chi connectivity index (χ2v) is 7.17. The highest BCUT2D eigenvalue weighted by molar-refractivity contribution is 5.94. The van der Waals surface area contributed by atoms with Gasteiger partial charge in [-0.15, -0.1) is 0 Å². The fourth-order valence-corrected chi connectivity index (χ4v) is 3.56. The topological polar surface area (TPSA) is 112 Å². The smallest absolute Gasteiger partial charge is 0.414 e. The van der Waals surface area contributed by atoms with Gasteiger partial charge in [0.05, 0.1) is 31.1 Å². The zero-order chi connectivity index (χ0) is 22.5. The molecule has 0 saturated carbocycles. The number of cyclic esters (lactones) is 1. The Bertz CT molecular complexity index is 971. The molecule has 164 valence electrons. The van der Waals surface area contributed by atoms with Gasteiger partial charge >= 0.3 is 12.1 Å². The maximum absolute atomic E-state index is 14.9. The Labute approximate surface area is 179 Å². The summed E-state index contributed by atoms with van der Waals surface area (Å²) in [5.41, 5.74) is 1.22. The molecule has 2 heterocycles. The first-order chi connectivity index (χ1) is 14.8. The van der Waals surface area contributed by atoms with Gasteiger partial charge in [0, 0.05) is 20.0 Å². The lowest BCUT2D eigenvalue weighted by Gasteiger charge is -2.20. The molecule has 1 atom stereocenters. The van der Waals surface area contributed by atoms with Gasteiger partial charge < -0.3 is 19.7 Å². The molecule has 31 heavy (non-hydrogen) atoms. The third-order valence-electron chi connectivity index (χ3n) is 5.05. The van der Waals surface area contributed by atoms with E-state index in [-0.39, 0.29) is 37.7 Å². The van der Waals surface area contributed by atoms with E-state index >= 15 is 0 Å². The Morgan fingerprint density at radius 3 is 2.84 bits per heavy atom. The minimum atomic E-state index is -0.668. The van der Waals surface area contributed by atoms with Crippen LogP contribution in [0.3, 0.4) is 0 Å². The summed E-state index contributed by atoms with van der Waals surface area (Å²) in [6.45, 7) is 4.26. The van der Waals surface area contributed by atoms with Gasteiger partial charge in [0.2, 0.25) is 5.91 Å². The lowest BCUT2D eigenvalue weighted by Crippen LogP contribution is -2.33. The second kappa shape index (κ2) is 9.47. The van der Waals surface area contributed by atoms with Crippen LogP contribution in [0.5, 0.6) is 0 Å². The highest BCUT2D eigenvalue weighted by atomic mass is 19.1. The van der Waals surface area contributed by atoms with Gasteiger partial charge in [-0.25, -0.2) is 14.0 Å². The van der Waals surface area contributed by atoms with Crippen LogP contribution < -0.4 is 15.1 Å². The van der Waals surface area contributed by atoms with Crippen molar-refractivity contribution in [3.8, 4) is 6.07 Å². The molecular weight excluding hydrogens is 407 g/mol. The third kappa shape index (κ3) is 4.94. The molecule has 2 fully saturated rings. The van der Waals surface area contributed by atoms with Crippen LogP contribution in [-0.2, 0) is 19.1 Å². The molecule has 2 aliphatic rings. The van der Waals surface area contributed by atoms with Crippen molar-refractivity contribution >= 4 is 29.3 Å². The zero-order valence-electron chi connectivity index (χ0n) is 17.3. The van der Waals surface area contributed by atoms with E-state index in [4.69, 9.17) is 9.47 Å². The van der Waals surface area contributed by atoms with Crippen molar-refractivity contribution in [2.75, 3.05) is 42.6 Å². The number of ether oxygens (including phenoxy) is 2. The molecule has 9 nitrogen and oxygen atoms in total. The molecule has 1 N–H and O–H groups in total. The fraction of sp³-hybridized carbons (Fsp3) is 0.429. The number of halogens is 1. The largest absolute Gasteiger partial charge is 0.462 e. The van der Waals surface area contributed by atoms with Crippen molar-refractivity contribution in [2.45, 2.75) is 26.4 Å². The van der Waals surface area contributed by atoms with Crippen LogP contribution in [0.15, 0.2) is 29.3 Å². The number of amides is 2. The molecular formula is C21H23FN4O5. The molecule has 2 aliphatic heterocycles. The predicted molar refractivity (Wildman–Crippen MR) is 109 cm³/mol. The minimum absolute atomic E-state index is 0.0357. The molecule has 1 aromatic rings. The van der Waals surface area contributed by atoms with Gasteiger partial charge in [-0.2, -0.15) is 5.26 Å². The van der Waals surface area contributed by atoms with Gasteiger partial charge in [-0.05, 0) is 37.1 Å². The van der Waals surface area contributed by atoms with E-state index in [1.54, 1.807) is 24.0 Å². The molecule has 0 radical (unpaired) electrons. The van der Waals surface area contributed by atoms with Gasteiger partial charge in [-0.1, -0.05) is 0 Å². The van der Waals surface area contributed by atoms with Gasteiger partial charge in [0.1, 0.15) is 23.6 Å². The zero-order valence-corrected chi connectivity index (χ0v) is 17.3. The van der Waals surface area contributed by atoms with Crippen LogP contribution >= 0.6 is 0 Å². The predicted octanol–water partition coefficient (Wildman–Crippen LogP) is 1.88. The van der Waals surface area contributed by atoms with Crippen molar-refractivity contribution in [1.29, 1.82) is 5.26 Å². The van der Waals surface area contributed by atoms with Crippen molar-refractivity contribution in [3.63, 3.8) is 0 Å². The van der Waals surface area contributed by atoms with E-state index < -0.39 is 24.0 Å². The summed E-state index contributed by atoms with van der Waals surface area (Å²) in [6, 6.07) is 6.30. The fourth-order valence-electron chi connectivity index (χ4n) is 3.56. The van der Waals surface area contributed by atoms with Crippen LogP contribution in [0.4, 0.5) is 20.6 Å². The number of nitrogens with zero attached hydrogens (tertiary/aromatic N) is 3. The summed E-state index contributed by atoms with van der Waals surface area (Å²) in [5, 5.41) is 11.9. The van der Waals surface area contributed by atoms with E-state index in [1.807, 2.05) is 6.07 Å². The van der Waals surface area contributed by atoms with Crippen molar-refractivity contribution in [1.82, 2.24) is 5.32 Å². The van der Waals surface area contributed by atoms with Crippen LogP contribution in [0.25, 0.3) is 0 Å². The first-order valence-corrected chi connectivity index (χ1v) is 9.90. The molecule has 3 rings (SSSR count). The standard InChI is InChI=1S/C21H23FN4O5/c1-3-30-20(28)17(9-23)14-6-7-25(11-14)19-5-4-15(8-18(19)22)26-12-16(31-21(26)29)10-24-13(2)27/h4-5,8,16H,3,6-7,10-12H2,1-2H3,(H,24,27)/b17-14-/t16-/m0/s1. The number of nitrogens with one attached hydrogen (secondary N) is 1. The molecule has 0 spiro atoms. The average Bonchev–Trinajstić information content (AvgIpc) is 3.34. The van der Waals surface area contributed by atoms with Crippen molar-refractivity contribution in [3.05, 3.63) is 35.2 Å². The maximum atomic E-state index is 14.9. The normalized spacial score (nSPS) is 19.7. The number of hydrogen-bond acceptors (Lipinski definition) is 7. The van der Waals surface area contributed by atoms with Gasteiger partial charge in [-0.3, -0.25) is 9.69 Å². The molecule has 0 aliphatic carbocycles. The SMILES string of the molecule is CCOC(=O)/C(C#N)=C1/CCN(c2ccc(N3C[C@H](CNC(C)=O)OC3=O)cc2F)C1. The molecule has 2 amide bonds. The molecule has 0 unspecified atom stereocenters. The van der Waals surface area contributed by atoms with Crippen LogP contribution in [0.1, 0.15) is 20.3 Å². The monoisotopic (exact) mass is 430 g/mol. The molecule has 1 aromatic carbocycles. The number of carbonyl (C=O) groups excluding carboxylic acids is 3. The van der Waals surface area contributed by atoms with Crippen LogP contribution in [0.2, 0.25) is 0 Å². The number of anilines is 2. The highest BCUT2D eigenvalue weighted by Gasteiger charge is 2.33. The third-order valence-corrected chi connectivity index (χ3v) is 5.05. The first kappa shape index (κ1) is 22.1. The molecule has 10 heteroatoms. The average molecular weight is 430 g/mol. The summed E-state index contributed by atoms with van der Waals surface area (Å²) in [7, 11) is 0. The first-order valence-electron chi connectivity index (χ1n) is 9.90. The van der Waals surface area contributed by atoms with Gasteiger partial charge in [0.15, 0.2) is 0 Å². The maximum Gasteiger partial charge on any atom is 0.414 e. The summed E-state index contributed by atoms with van der Waals surface area (Å²) in [4.78, 5) is 38.1. The molecule has 2 saturated heterocycles. The van der Waals surface area contributed by atoms with Crippen LogP contribution in [0, 0.1) is 17.1 Å². The van der Waals surface area contributed by atoms with E-state index in [0.29, 0.717) is 29.9 Å². The van der Waals surface area contributed by atoms with Crippen LogP contribution in [-0.4, -0.2) is 56.9 Å². The van der Waals surface area contributed by atoms with E-state index in [0.717, 1.165) is 0 Å². The van der Waals surface area contributed by atoms with Crippen molar-refractivity contribution in [2.24, 2.45) is 0 Å². The number of rotatable bonds is 6. The minimum Gasteiger partial charge on any atom is -0.462 e. The number of hydrogen-bond donors (Lipinski definition) is 1. The molecule has 0 aromatic heterocycles. The summed E-state index contributed by atoms with van der Waals surface area (Å²) in [5.74, 6) is -1.43. The second-order valence-electron chi connectivity index (χ2n) is 7.17. The summed E-state index contributed by atoms with van der Waals surface area (Å²) >= 11 is 0. The van der Waals surface area contributed by atoms with E-state index in [1.165, 1.54) is 17.9 Å². The van der Waals surface area contributed by atoms with E-state index in [9.17, 15) is 24.0 Å². The lowest BCUT2D eigenvalue weighted by atomic mass is 10.1. The molecule has 0 bridgehead atoms. The summed E-state index contributed by atoms with van der Waals surface area (Å²) in [6.07, 6.45) is -0.675. The quantitative estimate of drug-likeness (QED) is 0.417. The van der Waals surface area contributed by atoms with E-state index in [2.05, 4.69) is 5.32 Å². The number of carbonyl (C=O) groups is 3. The Hall–Kier alpha value is -3.61. The number of esters is 1. The highest BCUT2D eigenvalue weighted by Crippen LogP contribution is 2.31. The Morgan fingerprint density at radius 2 is 2.19 bits per heavy atom. The Balaban J connectivity index is 1.72. The number of nitriles is 1. The summed E-state index contributed by atoms with van der Waals surface area (Å²) < 4.78 is 25.0. The Kier molecular flexibility index (Phi) is 6.74. The Morgan fingerprint density at radius 1 is 1.42 bits per heavy atom. The lowest BCUT2D eigenvalue weighted by molar-refractivity contribution is -0.138. The number of benzene rings is 1. The van der Waals surface area contributed by atoms with Crippen molar-refractivity contribution < 1.29 is 28.2 Å². The van der Waals surface area contributed by atoms with Gasteiger partial charge in [0.25, 0.3) is 0 Å².